The lowest BCUT2D eigenvalue weighted by Crippen LogP contribution is -2.34. The minimum atomic E-state index is -3.90. The van der Waals surface area contributed by atoms with Gasteiger partial charge in [-0.15, -0.1) is 0 Å². The molecule has 0 radical (unpaired) electrons. The number of hydrogen-bond donors (Lipinski definition) is 3. The van der Waals surface area contributed by atoms with E-state index in [4.69, 9.17) is 11.1 Å². The first-order valence-corrected chi connectivity index (χ1v) is 6.41. The third-order valence-electron chi connectivity index (χ3n) is 2.24. The van der Waals surface area contributed by atoms with E-state index in [1.807, 2.05) is 0 Å². The monoisotopic (exact) mass is 259 g/mol. The van der Waals surface area contributed by atoms with Gasteiger partial charge in [0.2, 0.25) is 10.0 Å². The molecule has 1 aromatic carbocycles. The van der Waals surface area contributed by atoms with E-state index in [1.165, 1.54) is 18.2 Å². The van der Waals surface area contributed by atoms with Crippen molar-refractivity contribution in [3.8, 4) is 0 Å². The number of amidine groups is 1. The molecular formula is C10H14FN3O2S. The van der Waals surface area contributed by atoms with Crippen LogP contribution in [0.25, 0.3) is 0 Å². The minimum Gasteiger partial charge on any atom is -0.387 e. The molecule has 0 heterocycles. The lowest BCUT2D eigenvalue weighted by atomic mass is 10.2. The van der Waals surface area contributed by atoms with E-state index in [1.54, 1.807) is 6.92 Å². The largest absolute Gasteiger partial charge is 0.387 e. The predicted molar refractivity (Wildman–Crippen MR) is 62.7 cm³/mol. The molecule has 1 atom stereocenters. The van der Waals surface area contributed by atoms with E-state index in [0.717, 1.165) is 6.07 Å². The molecule has 1 aromatic rings. The first kappa shape index (κ1) is 13.6. The average Bonchev–Trinajstić information content (AvgIpc) is 2.26. The van der Waals surface area contributed by atoms with Crippen molar-refractivity contribution < 1.29 is 12.8 Å². The fraction of sp³-hybridized carbons (Fsp3) is 0.300. The fourth-order valence-corrected chi connectivity index (χ4v) is 2.29. The van der Waals surface area contributed by atoms with Gasteiger partial charge in [-0.25, -0.2) is 17.5 Å². The molecule has 1 rings (SSSR count). The van der Waals surface area contributed by atoms with Gasteiger partial charge in [0.05, 0.1) is 5.84 Å². The van der Waals surface area contributed by atoms with Crippen molar-refractivity contribution in [2.45, 2.75) is 11.8 Å². The van der Waals surface area contributed by atoms with Crippen LogP contribution in [-0.2, 0) is 10.0 Å². The van der Waals surface area contributed by atoms with E-state index in [9.17, 15) is 12.8 Å². The molecule has 0 fully saturated rings. The van der Waals surface area contributed by atoms with Gasteiger partial charge in [0, 0.05) is 12.5 Å². The number of sulfonamides is 1. The van der Waals surface area contributed by atoms with Gasteiger partial charge in [0.15, 0.2) is 0 Å². The van der Waals surface area contributed by atoms with Crippen LogP contribution in [0.15, 0.2) is 29.2 Å². The molecule has 0 aromatic heterocycles. The first-order valence-electron chi connectivity index (χ1n) is 4.92. The summed E-state index contributed by atoms with van der Waals surface area (Å²) in [5.74, 6) is -1.37. The first-order chi connectivity index (χ1) is 7.84. The summed E-state index contributed by atoms with van der Waals surface area (Å²) < 4.78 is 38.9. The maximum atomic E-state index is 13.3. The molecule has 0 amide bonds. The summed E-state index contributed by atoms with van der Waals surface area (Å²) in [5, 5.41) is 7.12. The zero-order valence-electron chi connectivity index (χ0n) is 9.27. The highest BCUT2D eigenvalue weighted by molar-refractivity contribution is 7.89. The Morgan fingerprint density at radius 2 is 2.12 bits per heavy atom. The molecule has 0 aliphatic heterocycles. The molecule has 0 aliphatic carbocycles. The summed E-state index contributed by atoms with van der Waals surface area (Å²) in [7, 11) is -3.90. The summed E-state index contributed by atoms with van der Waals surface area (Å²) in [6.45, 7) is 1.57. The molecule has 7 heteroatoms. The van der Waals surface area contributed by atoms with Crippen molar-refractivity contribution in [1.29, 1.82) is 5.41 Å². The molecule has 5 nitrogen and oxygen atoms in total. The van der Waals surface area contributed by atoms with Crippen molar-refractivity contribution in [2.75, 3.05) is 6.54 Å². The van der Waals surface area contributed by atoms with Crippen molar-refractivity contribution >= 4 is 15.9 Å². The van der Waals surface area contributed by atoms with Crippen molar-refractivity contribution in [2.24, 2.45) is 11.7 Å². The van der Waals surface area contributed by atoms with Crippen LogP contribution in [0.5, 0.6) is 0 Å². The van der Waals surface area contributed by atoms with Gasteiger partial charge >= 0.3 is 0 Å². The van der Waals surface area contributed by atoms with Crippen molar-refractivity contribution in [1.82, 2.24) is 4.72 Å². The van der Waals surface area contributed by atoms with E-state index in [-0.39, 0.29) is 12.4 Å². The minimum absolute atomic E-state index is 0.0357. The van der Waals surface area contributed by atoms with Gasteiger partial charge in [-0.3, -0.25) is 5.41 Å². The van der Waals surface area contributed by atoms with Gasteiger partial charge < -0.3 is 5.73 Å². The molecule has 17 heavy (non-hydrogen) atoms. The molecule has 4 N–H and O–H groups in total. The van der Waals surface area contributed by atoms with Crippen LogP contribution in [0.4, 0.5) is 4.39 Å². The van der Waals surface area contributed by atoms with Crippen LogP contribution in [0.1, 0.15) is 6.92 Å². The number of hydrogen-bond acceptors (Lipinski definition) is 3. The second kappa shape index (κ2) is 5.24. The summed E-state index contributed by atoms with van der Waals surface area (Å²) in [4.78, 5) is -0.407. The van der Waals surface area contributed by atoms with Gasteiger partial charge in [-0.2, -0.15) is 0 Å². The molecule has 0 saturated carbocycles. The Kier molecular flexibility index (Phi) is 4.19. The van der Waals surface area contributed by atoms with E-state index in [0.29, 0.717) is 0 Å². The third kappa shape index (κ3) is 3.50. The van der Waals surface area contributed by atoms with Gasteiger partial charge in [0.1, 0.15) is 10.7 Å². The SMILES string of the molecule is CC(CNS(=O)(=O)c1ccccc1F)C(=N)N. The Balaban J connectivity index is 2.84. The fourth-order valence-electron chi connectivity index (χ4n) is 1.09. The highest BCUT2D eigenvalue weighted by Crippen LogP contribution is 2.13. The smallest absolute Gasteiger partial charge is 0.243 e. The quantitative estimate of drug-likeness (QED) is 0.536. The molecule has 94 valence electrons. The van der Waals surface area contributed by atoms with Crippen LogP contribution < -0.4 is 10.5 Å². The van der Waals surface area contributed by atoms with Gasteiger partial charge in [-0.1, -0.05) is 19.1 Å². The number of halogens is 1. The third-order valence-corrected chi connectivity index (χ3v) is 3.69. The number of benzene rings is 1. The highest BCUT2D eigenvalue weighted by Gasteiger charge is 2.19. The number of nitrogens with one attached hydrogen (secondary N) is 2. The van der Waals surface area contributed by atoms with Crippen molar-refractivity contribution in [3.63, 3.8) is 0 Å². The zero-order valence-corrected chi connectivity index (χ0v) is 10.1. The zero-order chi connectivity index (χ0) is 13.1. The number of nitrogens with two attached hydrogens (primary N) is 1. The van der Waals surface area contributed by atoms with Gasteiger partial charge in [0.25, 0.3) is 0 Å². The number of rotatable bonds is 5. The van der Waals surface area contributed by atoms with Crippen LogP contribution >= 0.6 is 0 Å². The summed E-state index contributed by atoms with van der Waals surface area (Å²) in [5.41, 5.74) is 5.21. The normalized spacial score (nSPS) is 13.3. The lowest BCUT2D eigenvalue weighted by Gasteiger charge is -2.11. The average molecular weight is 259 g/mol. The Labute approximate surface area is 99.4 Å². The topological polar surface area (TPSA) is 96.0 Å². The molecule has 0 aliphatic rings. The standard InChI is InChI=1S/C10H14FN3O2S/c1-7(10(12)13)6-14-17(15,16)9-5-3-2-4-8(9)11/h2-5,7,14H,6H2,1H3,(H3,12,13). The predicted octanol–water partition coefficient (Wildman–Crippen LogP) is 0.676. The Bertz CT molecular complexity index is 516. The highest BCUT2D eigenvalue weighted by atomic mass is 32.2. The van der Waals surface area contributed by atoms with Crippen molar-refractivity contribution in [3.05, 3.63) is 30.1 Å². The molecule has 0 bridgehead atoms. The van der Waals surface area contributed by atoms with E-state index < -0.39 is 26.7 Å². The Morgan fingerprint density at radius 1 is 1.53 bits per heavy atom. The molecule has 0 saturated heterocycles. The van der Waals surface area contributed by atoms with Gasteiger partial charge in [-0.05, 0) is 12.1 Å². The second-order valence-corrected chi connectivity index (χ2v) is 5.37. The summed E-state index contributed by atoms with van der Waals surface area (Å²) in [6.07, 6.45) is 0. The van der Waals surface area contributed by atoms with Crippen LogP contribution in [0, 0.1) is 17.1 Å². The molecular weight excluding hydrogens is 245 g/mol. The summed E-state index contributed by atoms with van der Waals surface area (Å²) in [6, 6.07) is 5.09. The van der Waals surface area contributed by atoms with Crippen LogP contribution in [0.2, 0.25) is 0 Å². The van der Waals surface area contributed by atoms with E-state index in [2.05, 4.69) is 4.72 Å². The van der Waals surface area contributed by atoms with Crippen LogP contribution in [-0.4, -0.2) is 20.8 Å². The lowest BCUT2D eigenvalue weighted by molar-refractivity contribution is 0.552. The maximum absolute atomic E-state index is 13.3. The molecule has 1 unspecified atom stereocenters. The molecule has 0 spiro atoms. The Hall–Kier alpha value is -1.47. The Morgan fingerprint density at radius 3 is 2.65 bits per heavy atom. The van der Waals surface area contributed by atoms with Crippen LogP contribution in [0.3, 0.4) is 0 Å². The second-order valence-electron chi connectivity index (χ2n) is 3.64. The maximum Gasteiger partial charge on any atom is 0.243 e. The van der Waals surface area contributed by atoms with E-state index >= 15 is 0 Å². The summed E-state index contributed by atoms with van der Waals surface area (Å²) >= 11 is 0.